The molecular formula is C15H21BrN2O3S. The topological polar surface area (TPSA) is 66.5 Å². The molecule has 122 valence electrons. The van der Waals surface area contributed by atoms with Gasteiger partial charge in [0.05, 0.1) is 11.4 Å². The molecule has 0 aromatic heterocycles. The van der Waals surface area contributed by atoms with Crippen molar-refractivity contribution in [3.8, 4) is 0 Å². The van der Waals surface area contributed by atoms with Crippen molar-refractivity contribution >= 4 is 31.9 Å². The molecule has 0 saturated heterocycles. The van der Waals surface area contributed by atoms with Crippen LogP contribution in [0.2, 0.25) is 0 Å². The smallest absolute Gasteiger partial charge is 0.243 e. The largest absolute Gasteiger partial charge is 0.352 e. The fraction of sp³-hybridized carbons (Fsp3) is 0.533. The lowest BCUT2D eigenvalue weighted by molar-refractivity contribution is -0.122. The first-order valence-electron chi connectivity index (χ1n) is 7.41. The highest BCUT2D eigenvalue weighted by Gasteiger charge is 2.24. The van der Waals surface area contributed by atoms with Gasteiger partial charge in [0, 0.05) is 17.6 Å². The van der Waals surface area contributed by atoms with Gasteiger partial charge >= 0.3 is 0 Å². The monoisotopic (exact) mass is 388 g/mol. The van der Waals surface area contributed by atoms with Gasteiger partial charge in [-0.25, -0.2) is 8.42 Å². The zero-order chi connectivity index (χ0) is 16.2. The normalized spacial score (nSPS) is 16.7. The Balaban J connectivity index is 1.96. The van der Waals surface area contributed by atoms with Crippen LogP contribution in [0.15, 0.2) is 33.6 Å². The summed E-state index contributed by atoms with van der Waals surface area (Å²) in [6, 6.07) is 6.57. The minimum atomic E-state index is -3.64. The molecule has 0 unspecified atom stereocenters. The van der Waals surface area contributed by atoms with E-state index in [1.165, 1.54) is 25.6 Å². The van der Waals surface area contributed by atoms with Crippen LogP contribution in [0.3, 0.4) is 0 Å². The van der Waals surface area contributed by atoms with E-state index in [9.17, 15) is 13.2 Å². The number of amides is 1. The second-order valence-electron chi connectivity index (χ2n) is 5.62. The van der Waals surface area contributed by atoms with Gasteiger partial charge < -0.3 is 5.32 Å². The van der Waals surface area contributed by atoms with Crippen LogP contribution in [0.4, 0.5) is 0 Å². The maximum absolute atomic E-state index is 12.4. The molecule has 0 bridgehead atoms. The number of hydrogen-bond acceptors (Lipinski definition) is 3. The van der Waals surface area contributed by atoms with Gasteiger partial charge in [0.15, 0.2) is 0 Å². The Kier molecular flexibility index (Phi) is 6.00. The molecule has 1 aromatic rings. The van der Waals surface area contributed by atoms with E-state index in [1.54, 1.807) is 12.1 Å². The van der Waals surface area contributed by atoms with E-state index in [0.717, 1.165) is 34.5 Å². The average Bonchev–Trinajstić information content (AvgIpc) is 2.48. The predicted octanol–water partition coefficient (Wildman–Crippen LogP) is 2.52. The first-order chi connectivity index (χ1) is 10.4. The first-order valence-corrected chi connectivity index (χ1v) is 9.64. The summed E-state index contributed by atoms with van der Waals surface area (Å²) in [6.45, 7) is -0.158. The van der Waals surface area contributed by atoms with Crippen molar-refractivity contribution in [1.29, 1.82) is 0 Å². The molecule has 1 N–H and O–H groups in total. The molecule has 1 amide bonds. The molecule has 0 aliphatic heterocycles. The molecule has 2 rings (SSSR count). The van der Waals surface area contributed by atoms with Crippen molar-refractivity contribution in [1.82, 2.24) is 9.62 Å². The van der Waals surface area contributed by atoms with E-state index >= 15 is 0 Å². The molecule has 7 heteroatoms. The Morgan fingerprint density at radius 2 is 1.82 bits per heavy atom. The third-order valence-corrected chi connectivity index (χ3v) is 6.20. The van der Waals surface area contributed by atoms with Crippen LogP contribution in [0.1, 0.15) is 32.1 Å². The predicted molar refractivity (Wildman–Crippen MR) is 89.0 cm³/mol. The van der Waals surface area contributed by atoms with Gasteiger partial charge in [-0.3, -0.25) is 4.79 Å². The van der Waals surface area contributed by atoms with Crippen LogP contribution in [0.25, 0.3) is 0 Å². The summed E-state index contributed by atoms with van der Waals surface area (Å²) in [5, 5.41) is 2.93. The lowest BCUT2D eigenvalue weighted by atomic mass is 9.95. The summed E-state index contributed by atoms with van der Waals surface area (Å²) in [6.07, 6.45) is 5.42. The number of nitrogens with zero attached hydrogens (tertiary/aromatic N) is 1. The molecule has 0 heterocycles. The zero-order valence-corrected chi connectivity index (χ0v) is 15.0. The number of carbonyl (C=O) groups excluding carboxylic acids is 1. The first kappa shape index (κ1) is 17.4. The number of hydrogen-bond donors (Lipinski definition) is 1. The Morgan fingerprint density at radius 3 is 2.41 bits per heavy atom. The molecular weight excluding hydrogens is 368 g/mol. The van der Waals surface area contributed by atoms with E-state index in [2.05, 4.69) is 21.2 Å². The molecule has 5 nitrogen and oxygen atoms in total. The highest BCUT2D eigenvalue weighted by Crippen LogP contribution is 2.19. The second-order valence-corrected chi connectivity index (χ2v) is 8.58. The number of likely N-dealkylation sites (N-methyl/N-ethyl adjacent to an activating group) is 1. The fourth-order valence-corrected chi connectivity index (χ4v) is 3.99. The van der Waals surface area contributed by atoms with Crippen molar-refractivity contribution in [2.45, 2.75) is 43.0 Å². The molecule has 22 heavy (non-hydrogen) atoms. The van der Waals surface area contributed by atoms with Gasteiger partial charge in [-0.15, -0.1) is 0 Å². The Bertz CT molecular complexity index is 610. The van der Waals surface area contributed by atoms with Crippen molar-refractivity contribution in [3.63, 3.8) is 0 Å². The molecule has 1 fully saturated rings. The maximum Gasteiger partial charge on any atom is 0.243 e. The molecule has 0 atom stereocenters. The van der Waals surface area contributed by atoms with Crippen LogP contribution < -0.4 is 5.32 Å². The zero-order valence-electron chi connectivity index (χ0n) is 12.6. The van der Waals surface area contributed by atoms with Crippen molar-refractivity contribution in [3.05, 3.63) is 28.7 Å². The quantitative estimate of drug-likeness (QED) is 0.842. The third-order valence-electron chi connectivity index (χ3n) is 3.86. The maximum atomic E-state index is 12.4. The second kappa shape index (κ2) is 7.57. The number of rotatable bonds is 5. The highest BCUT2D eigenvalue weighted by molar-refractivity contribution is 9.10. The number of carbonyl (C=O) groups is 1. The van der Waals surface area contributed by atoms with E-state index in [1.807, 2.05) is 0 Å². The molecule has 1 aromatic carbocycles. The SMILES string of the molecule is CN(CC(=O)NC1CCCCC1)S(=O)(=O)c1ccc(Br)cc1. The summed E-state index contributed by atoms with van der Waals surface area (Å²) < 4.78 is 26.7. The van der Waals surface area contributed by atoms with Crippen LogP contribution >= 0.6 is 15.9 Å². The molecule has 0 spiro atoms. The van der Waals surface area contributed by atoms with Gasteiger partial charge in [0.25, 0.3) is 0 Å². The van der Waals surface area contributed by atoms with Gasteiger partial charge in [-0.2, -0.15) is 4.31 Å². The van der Waals surface area contributed by atoms with E-state index < -0.39 is 10.0 Å². The summed E-state index contributed by atoms with van der Waals surface area (Å²) in [4.78, 5) is 12.2. The summed E-state index contributed by atoms with van der Waals surface area (Å²) in [5.74, 6) is -0.241. The van der Waals surface area contributed by atoms with E-state index in [0.29, 0.717) is 0 Å². The van der Waals surface area contributed by atoms with Gasteiger partial charge in [0.1, 0.15) is 0 Å². The summed E-state index contributed by atoms with van der Waals surface area (Å²) in [5.41, 5.74) is 0. The number of halogens is 1. The average molecular weight is 389 g/mol. The van der Waals surface area contributed by atoms with Crippen LogP contribution in [0.5, 0.6) is 0 Å². The minimum absolute atomic E-state index is 0.158. The summed E-state index contributed by atoms with van der Waals surface area (Å²) >= 11 is 3.27. The Labute approximate surface area is 140 Å². The molecule has 1 saturated carbocycles. The lowest BCUT2D eigenvalue weighted by Crippen LogP contribution is -2.43. The summed E-state index contributed by atoms with van der Waals surface area (Å²) in [7, 11) is -2.21. The van der Waals surface area contributed by atoms with Crippen LogP contribution in [0, 0.1) is 0 Å². The number of benzene rings is 1. The Morgan fingerprint density at radius 1 is 1.23 bits per heavy atom. The lowest BCUT2D eigenvalue weighted by Gasteiger charge is -2.24. The van der Waals surface area contributed by atoms with Crippen LogP contribution in [-0.2, 0) is 14.8 Å². The van der Waals surface area contributed by atoms with Gasteiger partial charge in [-0.1, -0.05) is 35.2 Å². The van der Waals surface area contributed by atoms with E-state index in [4.69, 9.17) is 0 Å². The Hall–Kier alpha value is -0.920. The fourth-order valence-electron chi connectivity index (χ4n) is 2.59. The molecule has 0 radical (unpaired) electrons. The third kappa shape index (κ3) is 4.54. The van der Waals surface area contributed by atoms with Crippen molar-refractivity contribution in [2.24, 2.45) is 0 Å². The minimum Gasteiger partial charge on any atom is -0.352 e. The van der Waals surface area contributed by atoms with Crippen molar-refractivity contribution < 1.29 is 13.2 Å². The van der Waals surface area contributed by atoms with Crippen LogP contribution in [-0.4, -0.2) is 38.3 Å². The van der Waals surface area contributed by atoms with Gasteiger partial charge in [0.2, 0.25) is 15.9 Å². The molecule has 1 aliphatic carbocycles. The standard InChI is InChI=1S/C15H21BrN2O3S/c1-18(11-15(19)17-13-5-3-2-4-6-13)22(20,21)14-9-7-12(16)8-10-14/h7-10,13H,2-6,11H2,1H3,(H,17,19). The van der Waals surface area contributed by atoms with Crippen molar-refractivity contribution in [2.75, 3.05) is 13.6 Å². The van der Waals surface area contributed by atoms with E-state index in [-0.39, 0.29) is 23.4 Å². The number of nitrogens with one attached hydrogen (secondary N) is 1. The molecule has 1 aliphatic rings. The number of sulfonamides is 1. The van der Waals surface area contributed by atoms with Gasteiger partial charge in [-0.05, 0) is 37.1 Å². The highest BCUT2D eigenvalue weighted by atomic mass is 79.9.